The molecule has 1 fully saturated rings. The first-order valence-electron chi connectivity index (χ1n) is 9.63. The van der Waals surface area contributed by atoms with E-state index < -0.39 is 30.7 Å². The summed E-state index contributed by atoms with van der Waals surface area (Å²) in [6, 6.07) is 5.67. The van der Waals surface area contributed by atoms with Gasteiger partial charge < -0.3 is 34.7 Å². The normalized spacial score (nSPS) is 28.8. The smallest absolute Gasteiger partial charge is 0.229 e. The van der Waals surface area contributed by atoms with Gasteiger partial charge in [0.1, 0.15) is 24.1 Å². The fourth-order valence-corrected chi connectivity index (χ4v) is 3.57. The van der Waals surface area contributed by atoms with Crippen LogP contribution in [-0.2, 0) is 11.2 Å². The number of hydrogen-bond acceptors (Lipinski definition) is 6. The summed E-state index contributed by atoms with van der Waals surface area (Å²) in [5.41, 5.74) is 2.08. The molecule has 0 radical (unpaired) electrons. The summed E-state index contributed by atoms with van der Waals surface area (Å²) in [6.45, 7) is 8.89. The quantitative estimate of drug-likeness (QED) is 0.579. The van der Waals surface area contributed by atoms with Crippen LogP contribution in [0.3, 0.4) is 0 Å². The molecule has 5 atom stereocenters. The number of aliphatic hydroxyl groups is 3. The minimum atomic E-state index is -1.33. The first-order chi connectivity index (χ1) is 13.0. The first-order valence-corrected chi connectivity index (χ1v) is 9.63. The highest BCUT2D eigenvalue weighted by Gasteiger charge is 2.43. The number of likely N-dealkylation sites (N-methyl/N-ethyl adjacent to an activating group) is 1. The van der Waals surface area contributed by atoms with Crippen molar-refractivity contribution in [3.8, 4) is 5.75 Å². The van der Waals surface area contributed by atoms with E-state index in [1.807, 2.05) is 24.4 Å². The van der Waals surface area contributed by atoms with E-state index >= 15 is 0 Å². The van der Waals surface area contributed by atoms with Crippen LogP contribution < -0.4 is 4.74 Å². The number of aliphatic hydroxyl groups excluding tert-OH is 3. The minimum Gasteiger partial charge on any atom is -0.461 e. The Morgan fingerprint density at radius 3 is 2.56 bits per heavy atom. The van der Waals surface area contributed by atoms with Crippen LogP contribution in [0.5, 0.6) is 5.75 Å². The summed E-state index contributed by atoms with van der Waals surface area (Å²) in [6.07, 6.45) is -2.62. The molecule has 150 valence electrons. The molecule has 1 saturated heterocycles. The van der Waals surface area contributed by atoms with Crippen LogP contribution in [0.1, 0.15) is 26.3 Å². The van der Waals surface area contributed by atoms with Gasteiger partial charge in [-0.3, -0.25) is 0 Å². The van der Waals surface area contributed by atoms with Gasteiger partial charge in [-0.1, -0.05) is 19.9 Å². The Morgan fingerprint density at radius 2 is 1.85 bits per heavy atom. The lowest BCUT2D eigenvalue weighted by atomic mass is 10.00. The third-order valence-corrected chi connectivity index (χ3v) is 5.39. The average molecular weight is 378 g/mol. The zero-order valence-electron chi connectivity index (χ0n) is 16.1. The van der Waals surface area contributed by atoms with E-state index in [0.29, 0.717) is 5.75 Å². The third kappa shape index (κ3) is 4.12. The van der Waals surface area contributed by atoms with E-state index in [-0.39, 0.29) is 0 Å². The molecular formula is C20H30N2O5. The Hall–Kier alpha value is -1.64. The summed E-state index contributed by atoms with van der Waals surface area (Å²) < 4.78 is 11.5. The zero-order valence-corrected chi connectivity index (χ0v) is 16.1. The number of nitrogens with zero attached hydrogens (tertiary/aromatic N) is 1. The van der Waals surface area contributed by atoms with Gasteiger partial charge in [0.05, 0.1) is 6.10 Å². The molecule has 1 aromatic carbocycles. The van der Waals surface area contributed by atoms with Crippen LogP contribution >= 0.6 is 0 Å². The molecule has 0 saturated carbocycles. The predicted octanol–water partition coefficient (Wildman–Crippen LogP) is 1.26. The molecular weight excluding hydrogens is 348 g/mol. The molecule has 0 spiro atoms. The highest BCUT2D eigenvalue weighted by Crippen LogP contribution is 2.32. The molecule has 2 heterocycles. The number of rotatable bonds is 7. The highest BCUT2D eigenvalue weighted by molar-refractivity contribution is 5.89. The molecule has 1 aliphatic rings. The number of hydrogen-bond donors (Lipinski definition) is 4. The van der Waals surface area contributed by atoms with E-state index in [2.05, 4.69) is 23.7 Å². The lowest BCUT2D eigenvalue weighted by Crippen LogP contribution is -2.58. The summed E-state index contributed by atoms with van der Waals surface area (Å²) in [5, 5.41) is 31.1. The maximum absolute atomic E-state index is 10.2. The van der Waals surface area contributed by atoms with E-state index in [4.69, 9.17) is 9.47 Å². The van der Waals surface area contributed by atoms with Crippen molar-refractivity contribution in [3.63, 3.8) is 0 Å². The third-order valence-electron chi connectivity index (χ3n) is 5.39. The van der Waals surface area contributed by atoms with Crippen LogP contribution in [0.4, 0.5) is 0 Å². The first kappa shape index (κ1) is 20.1. The van der Waals surface area contributed by atoms with Crippen LogP contribution in [0, 0.1) is 0 Å². The second-order valence-electron chi connectivity index (χ2n) is 7.07. The number of ether oxygens (including phenoxy) is 2. The highest BCUT2D eigenvalue weighted by atomic mass is 16.7. The minimum absolute atomic E-state index is 0.586. The van der Waals surface area contributed by atoms with Crippen molar-refractivity contribution < 1.29 is 24.8 Å². The maximum atomic E-state index is 10.2. The molecule has 5 unspecified atom stereocenters. The molecule has 0 bridgehead atoms. The standard InChI is InChI=1S/C20H30N2O5/c1-4-22(5-2)10-9-13-11-21-14-7-6-8-15(16(13)14)27-20-19(25)18(24)17(23)12(3)26-20/h6-8,11-12,17-21,23-25H,4-5,9-10H2,1-3H3. The van der Waals surface area contributed by atoms with Gasteiger partial charge in [-0.25, -0.2) is 0 Å². The Kier molecular flexibility index (Phi) is 6.39. The van der Waals surface area contributed by atoms with Crippen LogP contribution in [0.25, 0.3) is 10.9 Å². The summed E-state index contributed by atoms with van der Waals surface area (Å²) >= 11 is 0. The number of aromatic amines is 1. The molecule has 7 heteroatoms. The second-order valence-corrected chi connectivity index (χ2v) is 7.07. The average Bonchev–Trinajstić information content (AvgIpc) is 3.09. The van der Waals surface area contributed by atoms with Crippen molar-refractivity contribution in [2.45, 2.75) is 57.9 Å². The number of H-pyrrole nitrogens is 1. The predicted molar refractivity (Wildman–Crippen MR) is 103 cm³/mol. The summed E-state index contributed by atoms with van der Waals surface area (Å²) in [7, 11) is 0. The largest absolute Gasteiger partial charge is 0.461 e. The lowest BCUT2D eigenvalue weighted by molar-refractivity contribution is -0.267. The second kappa shape index (κ2) is 8.58. The molecule has 0 amide bonds. The summed E-state index contributed by atoms with van der Waals surface area (Å²) in [5.74, 6) is 0.586. The zero-order chi connectivity index (χ0) is 19.6. The molecule has 0 aliphatic carbocycles. The van der Waals surface area contributed by atoms with Gasteiger partial charge >= 0.3 is 0 Å². The molecule has 1 aromatic heterocycles. The fourth-order valence-electron chi connectivity index (χ4n) is 3.57. The van der Waals surface area contributed by atoms with Gasteiger partial charge in [-0.15, -0.1) is 0 Å². The number of fused-ring (bicyclic) bond motifs is 1. The van der Waals surface area contributed by atoms with E-state index in [9.17, 15) is 15.3 Å². The number of aromatic nitrogens is 1. The molecule has 2 aromatic rings. The Balaban J connectivity index is 1.83. The van der Waals surface area contributed by atoms with E-state index in [1.54, 1.807) is 6.92 Å². The van der Waals surface area contributed by atoms with Gasteiger partial charge in [0.25, 0.3) is 0 Å². The Labute approximate surface area is 159 Å². The van der Waals surface area contributed by atoms with Gasteiger partial charge in [-0.05, 0) is 44.1 Å². The van der Waals surface area contributed by atoms with E-state index in [0.717, 1.165) is 42.5 Å². The molecule has 7 nitrogen and oxygen atoms in total. The number of nitrogens with one attached hydrogen (secondary N) is 1. The molecule has 4 N–H and O–H groups in total. The lowest BCUT2D eigenvalue weighted by Gasteiger charge is -2.39. The molecule has 3 rings (SSSR count). The topological polar surface area (TPSA) is 98.2 Å². The van der Waals surface area contributed by atoms with Crippen molar-refractivity contribution in [3.05, 3.63) is 30.0 Å². The van der Waals surface area contributed by atoms with Gasteiger partial charge in [0.15, 0.2) is 0 Å². The van der Waals surface area contributed by atoms with Crippen molar-refractivity contribution in [1.82, 2.24) is 9.88 Å². The number of benzene rings is 1. The van der Waals surface area contributed by atoms with Crippen LogP contribution in [0.15, 0.2) is 24.4 Å². The Morgan fingerprint density at radius 1 is 1.11 bits per heavy atom. The van der Waals surface area contributed by atoms with Gasteiger partial charge in [-0.2, -0.15) is 0 Å². The van der Waals surface area contributed by atoms with Gasteiger partial charge in [0.2, 0.25) is 6.29 Å². The summed E-state index contributed by atoms with van der Waals surface area (Å²) in [4.78, 5) is 5.63. The molecule has 27 heavy (non-hydrogen) atoms. The fraction of sp³-hybridized carbons (Fsp3) is 0.600. The monoisotopic (exact) mass is 378 g/mol. The van der Waals surface area contributed by atoms with Crippen molar-refractivity contribution in [2.24, 2.45) is 0 Å². The maximum Gasteiger partial charge on any atom is 0.229 e. The van der Waals surface area contributed by atoms with Crippen molar-refractivity contribution in [1.29, 1.82) is 0 Å². The van der Waals surface area contributed by atoms with Crippen molar-refractivity contribution >= 4 is 10.9 Å². The SMILES string of the molecule is CCN(CC)CCc1c[nH]c2cccc(OC3OC(C)C(O)C(O)C3O)c12. The van der Waals surface area contributed by atoms with Crippen LogP contribution in [0.2, 0.25) is 0 Å². The Bertz CT molecular complexity index is 745. The van der Waals surface area contributed by atoms with Crippen LogP contribution in [-0.4, -0.2) is 75.5 Å². The van der Waals surface area contributed by atoms with Crippen molar-refractivity contribution in [2.75, 3.05) is 19.6 Å². The molecule has 1 aliphatic heterocycles. The van der Waals surface area contributed by atoms with Gasteiger partial charge in [0, 0.05) is 23.6 Å². The van der Waals surface area contributed by atoms with E-state index in [1.165, 1.54) is 0 Å².